The Labute approximate surface area is 117 Å². The first kappa shape index (κ1) is 12.9. The van der Waals surface area contributed by atoms with Gasteiger partial charge >= 0.3 is 0 Å². The van der Waals surface area contributed by atoms with Crippen LogP contribution in [-0.2, 0) is 0 Å². The number of aromatic nitrogens is 2. The lowest BCUT2D eigenvalue weighted by atomic mass is 10.2. The van der Waals surface area contributed by atoms with E-state index in [1.807, 2.05) is 0 Å². The number of benzene rings is 1. The Kier molecular flexibility index (Phi) is 3.75. The van der Waals surface area contributed by atoms with Crippen LogP contribution in [0.4, 0.5) is 8.78 Å². The van der Waals surface area contributed by atoms with Gasteiger partial charge in [-0.1, -0.05) is 11.6 Å². The lowest BCUT2D eigenvalue weighted by molar-refractivity contribution is 0.504. The highest BCUT2D eigenvalue weighted by Gasteiger charge is 2.15. The van der Waals surface area contributed by atoms with Gasteiger partial charge in [0.2, 0.25) is 0 Å². The molecule has 2 rings (SSSR count). The second-order valence-electron chi connectivity index (χ2n) is 3.06. The molecule has 1 aromatic carbocycles. The molecule has 0 aliphatic heterocycles. The highest BCUT2D eigenvalue weighted by atomic mass is 79.9. The van der Waals surface area contributed by atoms with E-state index in [0.717, 1.165) is 6.07 Å². The average Bonchev–Trinajstić information content (AvgIpc) is 2.30. The first-order valence-electron chi connectivity index (χ1n) is 4.32. The molecular weight excluding hydrogens is 381 g/mol. The van der Waals surface area contributed by atoms with Crippen LogP contribution in [-0.4, -0.2) is 9.97 Å². The van der Waals surface area contributed by atoms with Crippen molar-refractivity contribution in [3.8, 4) is 11.4 Å². The van der Waals surface area contributed by atoms with Gasteiger partial charge in [0.25, 0.3) is 0 Å². The molecule has 0 amide bonds. The van der Waals surface area contributed by atoms with Crippen molar-refractivity contribution < 1.29 is 8.78 Å². The van der Waals surface area contributed by atoms with Crippen LogP contribution >= 0.6 is 43.5 Å². The molecule has 0 saturated carbocycles. The smallest absolute Gasteiger partial charge is 0.173 e. The maximum atomic E-state index is 13.3. The zero-order chi connectivity index (χ0) is 12.6. The van der Waals surface area contributed by atoms with Crippen molar-refractivity contribution in [2.45, 2.75) is 0 Å². The van der Waals surface area contributed by atoms with E-state index in [1.165, 1.54) is 12.3 Å². The highest BCUT2D eigenvalue weighted by molar-refractivity contribution is 9.11. The van der Waals surface area contributed by atoms with Crippen LogP contribution in [0.2, 0.25) is 5.15 Å². The van der Waals surface area contributed by atoms with Crippen LogP contribution in [0.25, 0.3) is 11.4 Å². The number of halogens is 5. The predicted molar refractivity (Wildman–Crippen MR) is 67.8 cm³/mol. The molecule has 0 atom stereocenters. The summed E-state index contributed by atoms with van der Waals surface area (Å²) in [7, 11) is 0. The maximum Gasteiger partial charge on any atom is 0.173 e. The van der Waals surface area contributed by atoms with E-state index >= 15 is 0 Å². The summed E-state index contributed by atoms with van der Waals surface area (Å²) in [5.41, 5.74) is 0.332. The van der Waals surface area contributed by atoms with Gasteiger partial charge in [0, 0.05) is 11.8 Å². The van der Waals surface area contributed by atoms with E-state index in [0.29, 0.717) is 10.0 Å². The molecule has 0 spiro atoms. The predicted octanol–water partition coefficient (Wildman–Crippen LogP) is 4.60. The normalized spacial score (nSPS) is 10.6. The third kappa shape index (κ3) is 2.48. The number of nitrogens with zero attached hydrogens (tertiary/aromatic N) is 2. The van der Waals surface area contributed by atoms with Crippen LogP contribution in [0.3, 0.4) is 0 Å². The summed E-state index contributed by atoms with van der Waals surface area (Å²) in [6.07, 6.45) is 1.44. The monoisotopic (exact) mass is 382 g/mol. The summed E-state index contributed by atoms with van der Waals surface area (Å²) in [6, 6.07) is 2.39. The second kappa shape index (κ2) is 4.96. The Hall–Kier alpha value is -0.590. The Bertz CT molecular complexity index is 593. The molecule has 0 saturated heterocycles. The van der Waals surface area contributed by atoms with E-state index in [-0.39, 0.29) is 15.5 Å². The van der Waals surface area contributed by atoms with Crippen LogP contribution in [0, 0.1) is 11.6 Å². The molecule has 0 aliphatic rings. The van der Waals surface area contributed by atoms with Crippen molar-refractivity contribution in [2.24, 2.45) is 0 Å². The molecule has 0 radical (unpaired) electrons. The van der Waals surface area contributed by atoms with Gasteiger partial charge in [-0.15, -0.1) is 0 Å². The minimum absolute atomic E-state index is 0.0316. The van der Waals surface area contributed by atoms with Crippen LogP contribution in [0.1, 0.15) is 0 Å². The maximum absolute atomic E-state index is 13.3. The van der Waals surface area contributed by atoms with Crippen molar-refractivity contribution in [3.05, 3.63) is 44.1 Å². The Morgan fingerprint density at radius 1 is 1.18 bits per heavy atom. The molecule has 0 unspecified atom stereocenters. The van der Waals surface area contributed by atoms with Gasteiger partial charge < -0.3 is 0 Å². The van der Waals surface area contributed by atoms with Crippen molar-refractivity contribution in [1.82, 2.24) is 9.97 Å². The largest absolute Gasteiger partial charge is 0.235 e. The molecule has 17 heavy (non-hydrogen) atoms. The summed E-state index contributed by atoms with van der Waals surface area (Å²) in [5.74, 6) is -1.71. The zero-order valence-electron chi connectivity index (χ0n) is 8.02. The zero-order valence-corrected chi connectivity index (χ0v) is 11.9. The summed E-state index contributed by atoms with van der Waals surface area (Å²) in [5, 5.41) is 0.201. The van der Waals surface area contributed by atoms with Crippen molar-refractivity contribution in [2.75, 3.05) is 0 Å². The first-order valence-corrected chi connectivity index (χ1v) is 6.29. The van der Waals surface area contributed by atoms with Crippen LogP contribution < -0.4 is 0 Å². The summed E-state index contributed by atoms with van der Waals surface area (Å²) in [4.78, 5) is 7.94. The van der Waals surface area contributed by atoms with Crippen molar-refractivity contribution in [3.63, 3.8) is 0 Å². The third-order valence-electron chi connectivity index (χ3n) is 1.98. The van der Waals surface area contributed by atoms with Gasteiger partial charge in [0.1, 0.15) is 5.15 Å². The molecule has 1 heterocycles. The second-order valence-corrected chi connectivity index (χ2v) is 5.06. The Morgan fingerprint density at radius 3 is 2.53 bits per heavy atom. The molecule has 1 aromatic heterocycles. The average molecular weight is 384 g/mol. The third-order valence-corrected chi connectivity index (χ3v) is 3.85. The Balaban J connectivity index is 2.61. The fourth-order valence-electron chi connectivity index (χ4n) is 1.17. The van der Waals surface area contributed by atoms with Gasteiger partial charge in [0.15, 0.2) is 17.5 Å². The molecule has 0 N–H and O–H groups in total. The summed E-state index contributed by atoms with van der Waals surface area (Å²) >= 11 is 11.9. The fraction of sp³-hybridized carbons (Fsp3) is 0. The molecule has 0 bridgehead atoms. The molecule has 7 heteroatoms. The molecule has 2 aromatic rings. The summed E-state index contributed by atoms with van der Waals surface area (Å²) < 4.78 is 26.8. The van der Waals surface area contributed by atoms with Gasteiger partial charge in [-0.2, -0.15) is 0 Å². The minimum Gasteiger partial charge on any atom is -0.235 e. The van der Waals surface area contributed by atoms with E-state index in [2.05, 4.69) is 41.8 Å². The molecule has 88 valence electrons. The molecule has 2 nitrogen and oxygen atoms in total. The van der Waals surface area contributed by atoms with Crippen molar-refractivity contribution in [1.29, 1.82) is 0 Å². The highest BCUT2D eigenvalue weighted by Crippen LogP contribution is 2.31. The SMILES string of the molecule is Fc1ccc(-c2ncc(Br)c(Cl)n2)c(Br)c1F. The Morgan fingerprint density at radius 2 is 1.88 bits per heavy atom. The van der Waals surface area contributed by atoms with Gasteiger partial charge in [0.05, 0.1) is 8.95 Å². The number of hydrogen-bond donors (Lipinski definition) is 0. The quantitative estimate of drug-likeness (QED) is 0.531. The summed E-state index contributed by atoms with van der Waals surface area (Å²) in [6.45, 7) is 0. The van der Waals surface area contributed by atoms with Gasteiger partial charge in [-0.05, 0) is 44.0 Å². The first-order chi connectivity index (χ1) is 8.00. The van der Waals surface area contributed by atoms with Gasteiger partial charge in [-0.25, -0.2) is 18.7 Å². The lowest BCUT2D eigenvalue weighted by Crippen LogP contribution is -1.94. The standard InChI is InChI=1S/C10H3Br2ClF2N2/c11-5-3-16-10(17-9(5)13)4-1-2-6(14)8(15)7(4)12/h1-3H. The van der Waals surface area contributed by atoms with Crippen LogP contribution in [0.5, 0.6) is 0 Å². The fourth-order valence-corrected chi connectivity index (χ4v) is 1.99. The minimum atomic E-state index is -0.981. The van der Waals surface area contributed by atoms with Gasteiger partial charge in [-0.3, -0.25) is 0 Å². The number of rotatable bonds is 1. The lowest BCUT2D eigenvalue weighted by Gasteiger charge is -2.05. The number of hydrogen-bond acceptors (Lipinski definition) is 2. The molecule has 0 aliphatic carbocycles. The topological polar surface area (TPSA) is 25.8 Å². The van der Waals surface area contributed by atoms with E-state index in [1.54, 1.807) is 0 Å². The molecule has 0 fully saturated rings. The van der Waals surface area contributed by atoms with Crippen LogP contribution in [0.15, 0.2) is 27.3 Å². The molecular formula is C10H3Br2ClF2N2. The van der Waals surface area contributed by atoms with E-state index in [9.17, 15) is 8.78 Å². The van der Waals surface area contributed by atoms with Crippen molar-refractivity contribution >= 4 is 43.5 Å². The van der Waals surface area contributed by atoms with E-state index in [4.69, 9.17) is 11.6 Å². The van der Waals surface area contributed by atoms with E-state index < -0.39 is 11.6 Å².